The smallest absolute Gasteiger partial charge is 0.329 e. The SMILES string of the molecule is O=C(COc1ccc(/C=N\NC(=O)C(=O)Nc2ccc(Br)cc2)cc1)Nc1cccc(Cl)c1. The number of benzene rings is 3. The Bertz CT molecular complexity index is 1170. The minimum atomic E-state index is -0.903. The van der Waals surface area contributed by atoms with Gasteiger partial charge in [-0.25, -0.2) is 5.43 Å². The number of rotatable bonds is 7. The normalized spacial score (nSPS) is 10.5. The molecule has 0 unspecified atom stereocenters. The maximum absolute atomic E-state index is 12.0. The Balaban J connectivity index is 1.42. The van der Waals surface area contributed by atoms with E-state index >= 15 is 0 Å². The van der Waals surface area contributed by atoms with Crippen LogP contribution in [0.25, 0.3) is 0 Å². The monoisotopic (exact) mass is 528 g/mol. The maximum atomic E-state index is 12.0. The lowest BCUT2D eigenvalue weighted by molar-refractivity contribution is -0.136. The van der Waals surface area contributed by atoms with Crippen molar-refractivity contribution < 1.29 is 19.1 Å². The highest BCUT2D eigenvalue weighted by atomic mass is 79.9. The van der Waals surface area contributed by atoms with Crippen molar-refractivity contribution in [3.63, 3.8) is 0 Å². The molecule has 10 heteroatoms. The number of hydrogen-bond acceptors (Lipinski definition) is 5. The number of hydrazone groups is 1. The van der Waals surface area contributed by atoms with Gasteiger partial charge in [-0.1, -0.05) is 33.6 Å². The van der Waals surface area contributed by atoms with E-state index in [2.05, 4.69) is 37.1 Å². The second-order valence-electron chi connectivity index (χ2n) is 6.58. The van der Waals surface area contributed by atoms with Crippen LogP contribution in [0.5, 0.6) is 5.75 Å². The summed E-state index contributed by atoms with van der Waals surface area (Å²) in [7, 11) is 0. The highest BCUT2D eigenvalue weighted by molar-refractivity contribution is 9.10. The van der Waals surface area contributed by atoms with E-state index in [1.807, 2.05) is 0 Å². The summed E-state index contributed by atoms with van der Waals surface area (Å²) in [5.74, 6) is -1.59. The molecule has 0 fully saturated rings. The Labute approximate surface area is 203 Å². The molecular weight excluding hydrogens is 512 g/mol. The van der Waals surface area contributed by atoms with Crippen molar-refractivity contribution in [2.45, 2.75) is 0 Å². The van der Waals surface area contributed by atoms with Gasteiger partial charge in [0, 0.05) is 20.9 Å². The molecule has 8 nitrogen and oxygen atoms in total. The minimum absolute atomic E-state index is 0.177. The summed E-state index contributed by atoms with van der Waals surface area (Å²) in [6, 6.07) is 20.3. The fourth-order valence-corrected chi connectivity index (χ4v) is 2.95. The molecule has 0 atom stereocenters. The Kier molecular flexibility index (Phi) is 8.56. The predicted molar refractivity (Wildman–Crippen MR) is 131 cm³/mol. The zero-order valence-electron chi connectivity index (χ0n) is 17.0. The molecule has 33 heavy (non-hydrogen) atoms. The van der Waals surface area contributed by atoms with Crippen LogP contribution < -0.4 is 20.8 Å². The predicted octanol–water partition coefficient (Wildman–Crippen LogP) is 4.21. The van der Waals surface area contributed by atoms with Crippen LogP contribution in [0.15, 0.2) is 82.4 Å². The number of anilines is 2. The first-order chi connectivity index (χ1) is 15.9. The van der Waals surface area contributed by atoms with Crippen LogP contribution in [0, 0.1) is 0 Å². The van der Waals surface area contributed by atoms with Gasteiger partial charge < -0.3 is 15.4 Å². The van der Waals surface area contributed by atoms with Gasteiger partial charge in [-0.2, -0.15) is 5.10 Å². The number of amides is 3. The van der Waals surface area contributed by atoms with Gasteiger partial charge in [0.25, 0.3) is 5.91 Å². The van der Waals surface area contributed by atoms with Crippen molar-refractivity contribution in [2.75, 3.05) is 17.2 Å². The third-order valence-electron chi connectivity index (χ3n) is 4.05. The highest BCUT2D eigenvalue weighted by Crippen LogP contribution is 2.16. The van der Waals surface area contributed by atoms with E-state index < -0.39 is 11.8 Å². The number of carbonyl (C=O) groups is 3. The molecule has 3 aromatic rings. The van der Waals surface area contributed by atoms with E-state index in [0.717, 1.165) is 4.47 Å². The summed E-state index contributed by atoms with van der Waals surface area (Å²) >= 11 is 9.17. The molecule has 0 radical (unpaired) electrons. The van der Waals surface area contributed by atoms with Crippen LogP contribution in [0.4, 0.5) is 11.4 Å². The van der Waals surface area contributed by atoms with E-state index in [1.165, 1.54) is 6.21 Å². The van der Waals surface area contributed by atoms with Gasteiger partial charge >= 0.3 is 11.8 Å². The maximum Gasteiger partial charge on any atom is 0.329 e. The van der Waals surface area contributed by atoms with Gasteiger partial charge in [0.2, 0.25) is 0 Å². The van der Waals surface area contributed by atoms with Crippen molar-refractivity contribution in [3.05, 3.63) is 87.9 Å². The third-order valence-corrected chi connectivity index (χ3v) is 4.81. The lowest BCUT2D eigenvalue weighted by Crippen LogP contribution is -2.32. The zero-order chi connectivity index (χ0) is 23.6. The van der Waals surface area contributed by atoms with Crippen molar-refractivity contribution in [1.29, 1.82) is 0 Å². The largest absolute Gasteiger partial charge is 0.484 e. The lowest BCUT2D eigenvalue weighted by Gasteiger charge is -2.08. The summed E-state index contributed by atoms with van der Waals surface area (Å²) in [4.78, 5) is 35.7. The quantitative estimate of drug-likeness (QED) is 0.242. The molecule has 0 saturated heterocycles. The van der Waals surface area contributed by atoms with Crippen molar-refractivity contribution >= 4 is 62.8 Å². The van der Waals surface area contributed by atoms with Crippen molar-refractivity contribution in [3.8, 4) is 5.75 Å². The zero-order valence-corrected chi connectivity index (χ0v) is 19.4. The molecule has 0 heterocycles. The average molecular weight is 530 g/mol. The summed E-state index contributed by atoms with van der Waals surface area (Å²) in [6.45, 7) is -0.177. The molecule has 3 N–H and O–H groups in total. The molecule has 3 amide bonds. The Hall–Kier alpha value is -3.69. The van der Waals surface area contributed by atoms with Crippen LogP contribution in [0.1, 0.15) is 5.56 Å². The number of ether oxygens (including phenoxy) is 1. The molecule has 0 aliphatic carbocycles. The first kappa shape index (κ1) is 24.0. The van der Waals surface area contributed by atoms with Gasteiger partial charge in [-0.15, -0.1) is 0 Å². The summed E-state index contributed by atoms with van der Waals surface area (Å²) in [5.41, 5.74) is 3.88. The highest BCUT2D eigenvalue weighted by Gasteiger charge is 2.12. The summed E-state index contributed by atoms with van der Waals surface area (Å²) in [5, 5.41) is 9.44. The minimum Gasteiger partial charge on any atom is -0.484 e. The number of nitrogens with zero attached hydrogens (tertiary/aromatic N) is 1. The van der Waals surface area contributed by atoms with Gasteiger partial charge in [0.1, 0.15) is 5.75 Å². The summed E-state index contributed by atoms with van der Waals surface area (Å²) < 4.78 is 6.30. The Morgan fingerprint density at radius 3 is 2.33 bits per heavy atom. The second-order valence-corrected chi connectivity index (χ2v) is 7.93. The number of carbonyl (C=O) groups excluding carboxylic acids is 3. The molecule has 0 spiro atoms. The number of nitrogens with one attached hydrogen (secondary N) is 3. The topological polar surface area (TPSA) is 109 Å². The Morgan fingerprint density at radius 1 is 0.909 bits per heavy atom. The first-order valence-corrected chi connectivity index (χ1v) is 10.7. The van der Waals surface area contributed by atoms with Crippen LogP contribution in [-0.2, 0) is 14.4 Å². The third kappa shape index (κ3) is 8.06. The molecular formula is C23H18BrClN4O4. The lowest BCUT2D eigenvalue weighted by atomic mass is 10.2. The summed E-state index contributed by atoms with van der Waals surface area (Å²) in [6.07, 6.45) is 1.38. The van der Waals surface area contributed by atoms with E-state index in [1.54, 1.807) is 72.8 Å². The molecule has 3 rings (SSSR count). The van der Waals surface area contributed by atoms with Gasteiger partial charge in [-0.3, -0.25) is 14.4 Å². The van der Waals surface area contributed by atoms with Crippen LogP contribution in [0.3, 0.4) is 0 Å². The molecule has 0 saturated carbocycles. The molecule has 0 aromatic heterocycles. The van der Waals surface area contributed by atoms with Crippen LogP contribution >= 0.6 is 27.5 Å². The van der Waals surface area contributed by atoms with Crippen molar-refractivity contribution in [1.82, 2.24) is 5.43 Å². The van der Waals surface area contributed by atoms with E-state index in [-0.39, 0.29) is 12.5 Å². The van der Waals surface area contributed by atoms with Crippen LogP contribution in [0.2, 0.25) is 5.02 Å². The van der Waals surface area contributed by atoms with E-state index in [4.69, 9.17) is 16.3 Å². The van der Waals surface area contributed by atoms with Gasteiger partial charge in [0.15, 0.2) is 6.61 Å². The first-order valence-electron chi connectivity index (χ1n) is 9.57. The molecule has 3 aromatic carbocycles. The molecule has 0 bridgehead atoms. The van der Waals surface area contributed by atoms with Crippen molar-refractivity contribution in [2.24, 2.45) is 5.10 Å². The van der Waals surface area contributed by atoms with E-state index in [0.29, 0.717) is 27.7 Å². The molecule has 168 valence electrons. The fraction of sp³-hybridized carbons (Fsp3) is 0.0435. The number of halogens is 2. The average Bonchev–Trinajstić information content (AvgIpc) is 2.80. The van der Waals surface area contributed by atoms with Crippen LogP contribution in [-0.4, -0.2) is 30.5 Å². The van der Waals surface area contributed by atoms with E-state index in [9.17, 15) is 14.4 Å². The standard InChI is InChI=1S/C23H18BrClN4O4/c24-16-6-8-18(9-7-16)28-22(31)23(32)29-26-13-15-4-10-20(11-5-15)33-14-21(30)27-19-3-1-2-17(25)12-19/h1-13H,14H2,(H,27,30)(H,28,31)(H,29,32)/b26-13-. The molecule has 0 aliphatic rings. The fourth-order valence-electron chi connectivity index (χ4n) is 2.50. The number of hydrogen-bond donors (Lipinski definition) is 3. The van der Waals surface area contributed by atoms with Gasteiger partial charge in [0.05, 0.1) is 6.21 Å². The Morgan fingerprint density at radius 2 is 1.64 bits per heavy atom. The second kappa shape index (κ2) is 11.8. The molecule has 0 aliphatic heterocycles. The van der Waals surface area contributed by atoms with Gasteiger partial charge in [-0.05, 0) is 72.3 Å².